The maximum atomic E-state index is 12.7. The fraction of sp³-hybridized carbons (Fsp3) is 0.400. The molecule has 0 N–H and O–H groups in total. The van der Waals surface area contributed by atoms with Gasteiger partial charge in [-0.25, -0.2) is 9.59 Å². The number of amides is 3. The van der Waals surface area contributed by atoms with Crippen LogP contribution in [-0.4, -0.2) is 74.1 Å². The number of ether oxygens (including phenoxy) is 2. The maximum absolute atomic E-state index is 12.7. The SMILES string of the molecule is CN(C(=O)CCSC[C@@H]1C[C@H](S)CN1C(=O)OCc1ccc([N+](=O)[O-])cc1)C(=O)OCc1ccc([N+](=O)[O-])cc1. The monoisotopic (exact) mass is 592 g/mol. The summed E-state index contributed by atoms with van der Waals surface area (Å²) >= 11 is 5.96. The molecule has 1 fully saturated rings. The Hall–Kier alpha value is -3.85. The first-order valence-corrected chi connectivity index (χ1v) is 13.8. The number of nitro groups is 2. The zero-order chi connectivity index (χ0) is 29.2. The van der Waals surface area contributed by atoms with Crippen molar-refractivity contribution in [1.29, 1.82) is 0 Å². The highest BCUT2D eigenvalue weighted by Crippen LogP contribution is 2.26. The highest BCUT2D eigenvalue weighted by atomic mass is 32.2. The summed E-state index contributed by atoms with van der Waals surface area (Å²) in [6, 6.07) is 11.2. The predicted octanol–water partition coefficient (Wildman–Crippen LogP) is 4.43. The summed E-state index contributed by atoms with van der Waals surface area (Å²) in [7, 11) is 1.32. The van der Waals surface area contributed by atoms with Gasteiger partial charge in [-0.3, -0.25) is 29.9 Å². The fourth-order valence-electron chi connectivity index (χ4n) is 3.82. The molecule has 2 atom stereocenters. The Labute approximate surface area is 239 Å². The number of imide groups is 1. The molecule has 214 valence electrons. The number of carbonyl (C=O) groups excluding carboxylic acids is 3. The largest absolute Gasteiger partial charge is 0.445 e. The number of thioether (sulfide) groups is 1. The summed E-state index contributed by atoms with van der Waals surface area (Å²) in [6.45, 7) is 0.257. The van der Waals surface area contributed by atoms with E-state index in [0.29, 0.717) is 35.6 Å². The number of thiol groups is 1. The highest BCUT2D eigenvalue weighted by molar-refractivity contribution is 7.99. The van der Waals surface area contributed by atoms with E-state index in [4.69, 9.17) is 9.47 Å². The molecule has 3 rings (SSSR count). The Balaban J connectivity index is 1.38. The van der Waals surface area contributed by atoms with Crippen LogP contribution >= 0.6 is 24.4 Å². The molecule has 0 aliphatic carbocycles. The second-order valence-corrected chi connectivity index (χ2v) is 10.8. The van der Waals surface area contributed by atoms with Gasteiger partial charge in [0.2, 0.25) is 5.91 Å². The molecule has 15 heteroatoms. The molecule has 0 aromatic heterocycles. The third-order valence-corrected chi connectivity index (χ3v) is 7.55. The molecule has 0 unspecified atom stereocenters. The summed E-state index contributed by atoms with van der Waals surface area (Å²) in [5.41, 5.74) is 1.05. The van der Waals surface area contributed by atoms with Crippen LogP contribution in [0.15, 0.2) is 48.5 Å². The van der Waals surface area contributed by atoms with E-state index in [0.717, 1.165) is 4.90 Å². The van der Waals surface area contributed by atoms with E-state index in [1.807, 2.05) is 0 Å². The fourth-order valence-corrected chi connectivity index (χ4v) is 5.31. The van der Waals surface area contributed by atoms with Gasteiger partial charge >= 0.3 is 12.2 Å². The molecule has 2 aromatic carbocycles. The molecule has 0 radical (unpaired) electrons. The van der Waals surface area contributed by atoms with E-state index in [1.54, 1.807) is 4.90 Å². The van der Waals surface area contributed by atoms with E-state index >= 15 is 0 Å². The van der Waals surface area contributed by atoms with Crippen molar-refractivity contribution < 1.29 is 33.7 Å². The average molecular weight is 593 g/mol. The lowest BCUT2D eigenvalue weighted by Gasteiger charge is -2.23. The molecule has 1 aliphatic heterocycles. The topological polar surface area (TPSA) is 162 Å². The number of carbonyl (C=O) groups is 3. The zero-order valence-electron chi connectivity index (χ0n) is 21.5. The Morgan fingerprint density at radius 3 is 2.02 bits per heavy atom. The summed E-state index contributed by atoms with van der Waals surface area (Å²) < 4.78 is 10.5. The van der Waals surface area contributed by atoms with Crippen LogP contribution in [0.5, 0.6) is 0 Å². The number of nitro benzene ring substituents is 2. The number of hydrogen-bond acceptors (Lipinski definition) is 11. The minimum atomic E-state index is -0.830. The van der Waals surface area contributed by atoms with Crippen molar-refractivity contribution >= 4 is 53.9 Å². The molecule has 1 saturated heterocycles. The van der Waals surface area contributed by atoms with E-state index in [9.17, 15) is 34.6 Å². The molecule has 3 amide bonds. The van der Waals surface area contributed by atoms with Gasteiger partial charge in [-0.2, -0.15) is 24.4 Å². The highest BCUT2D eigenvalue weighted by Gasteiger charge is 2.34. The average Bonchev–Trinajstić information content (AvgIpc) is 3.32. The van der Waals surface area contributed by atoms with Crippen molar-refractivity contribution in [3.05, 3.63) is 79.9 Å². The first-order chi connectivity index (χ1) is 19.0. The van der Waals surface area contributed by atoms with Gasteiger partial charge in [0.15, 0.2) is 0 Å². The molecule has 0 bridgehead atoms. The Morgan fingerprint density at radius 2 is 1.50 bits per heavy atom. The molecule has 40 heavy (non-hydrogen) atoms. The number of rotatable bonds is 11. The van der Waals surface area contributed by atoms with Crippen LogP contribution in [0, 0.1) is 20.2 Å². The van der Waals surface area contributed by atoms with Gasteiger partial charge in [0.05, 0.1) is 9.85 Å². The summed E-state index contributed by atoms with van der Waals surface area (Å²) in [5, 5.41) is 21.5. The van der Waals surface area contributed by atoms with Crippen molar-refractivity contribution in [3.63, 3.8) is 0 Å². The van der Waals surface area contributed by atoms with Gasteiger partial charge < -0.3 is 14.4 Å². The molecular formula is C25H28N4O9S2. The Morgan fingerprint density at radius 1 is 0.975 bits per heavy atom. The minimum absolute atomic E-state index is 0.0178. The molecule has 1 heterocycles. The van der Waals surface area contributed by atoms with Crippen LogP contribution in [0.4, 0.5) is 21.0 Å². The quantitative estimate of drug-likeness (QED) is 0.171. The maximum Gasteiger partial charge on any atom is 0.416 e. The normalized spacial score (nSPS) is 16.3. The van der Waals surface area contributed by atoms with Crippen molar-refractivity contribution in [2.24, 2.45) is 0 Å². The number of hydrogen-bond donors (Lipinski definition) is 1. The van der Waals surface area contributed by atoms with Crippen molar-refractivity contribution in [1.82, 2.24) is 9.80 Å². The van der Waals surface area contributed by atoms with Crippen LogP contribution in [0.3, 0.4) is 0 Å². The number of benzene rings is 2. The molecule has 1 aliphatic rings. The van der Waals surface area contributed by atoms with Crippen LogP contribution in [0.1, 0.15) is 24.0 Å². The second kappa shape index (κ2) is 14.5. The molecular weight excluding hydrogens is 564 g/mol. The van der Waals surface area contributed by atoms with Gasteiger partial charge in [0.1, 0.15) is 13.2 Å². The Kier molecular flexibility index (Phi) is 11.1. The lowest BCUT2D eigenvalue weighted by Crippen LogP contribution is -2.37. The van der Waals surface area contributed by atoms with Crippen LogP contribution in [0.25, 0.3) is 0 Å². The second-order valence-electron chi connectivity index (χ2n) is 8.93. The van der Waals surface area contributed by atoms with Crippen LogP contribution < -0.4 is 0 Å². The standard InChI is InChI=1S/C25H28N4O9S2/c1-26(24(31)37-14-17-2-6-19(7-3-17)28(33)34)23(30)10-11-40-16-21-12-22(39)13-27(21)25(32)38-15-18-4-8-20(9-5-18)29(35)36/h2-9,21-22,39H,10-16H2,1H3/t21-,22-/m0/s1. The molecule has 0 saturated carbocycles. The van der Waals surface area contributed by atoms with Gasteiger partial charge in [-0.1, -0.05) is 0 Å². The van der Waals surface area contributed by atoms with Crippen LogP contribution in [0.2, 0.25) is 0 Å². The lowest BCUT2D eigenvalue weighted by atomic mass is 10.2. The number of nitrogens with zero attached hydrogens (tertiary/aromatic N) is 4. The van der Waals surface area contributed by atoms with Crippen molar-refractivity contribution in [3.8, 4) is 0 Å². The van der Waals surface area contributed by atoms with E-state index < -0.39 is 27.9 Å². The molecule has 2 aromatic rings. The van der Waals surface area contributed by atoms with Crippen LogP contribution in [-0.2, 0) is 27.5 Å². The summed E-state index contributed by atoms with van der Waals surface area (Å²) in [5.74, 6) is 0.530. The zero-order valence-corrected chi connectivity index (χ0v) is 23.3. The molecule has 13 nitrogen and oxygen atoms in total. The summed E-state index contributed by atoms with van der Waals surface area (Å²) in [6.07, 6.45) is -0.600. The third kappa shape index (κ3) is 8.84. The van der Waals surface area contributed by atoms with Gasteiger partial charge in [-0.15, -0.1) is 0 Å². The smallest absolute Gasteiger partial charge is 0.416 e. The van der Waals surface area contributed by atoms with E-state index in [1.165, 1.54) is 67.3 Å². The van der Waals surface area contributed by atoms with Gasteiger partial charge in [0, 0.05) is 67.1 Å². The first-order valence-electron chi connectivity index (χ1n) is 12.1. The van der Waals surface area contributed by atoms with Crippen molar-refractivity contribution in [2.45, 2.75) is 37.3 Å². The molecule has 0 spiro atoms. The predicted molar refractivity (Wildman–Crippen MR) is 149 cm³/mol. The Bertz CT molecular complexity index is 1230. The van der Waals surface area contributed by atoms with E-state index in [2.05, 4.69) is 12.6 Å². The third-order valence-electron chi connectivity index (χ3n) is 6.06. The number of likely N-dealkylation sites (tertiary alicyclic amines) is 1. The lowest BCUT2D eigenvalue weighted by molar-refractivity contribution is -0.385. The van der Waals surface area contributed by atoms with Crippen molar-refractivity contribution in [2.75, 3.05) is 25.1 Å². The summed E-state index contributed by atoms with van der Waals surface area (Å²) in [4.78, 5) is 60.2. The van der Waals surface area contributed by atoms with E-state index in [-0.39, 0.29) is 42.3 Å². The number of non-ortho nitro benzene ring substituents is 2. The minimum Gasteiger partial charge on any atom is -0.445 e. The first kappa shape index (κ1) is 30.7. The van der Waals surface area contributed by atoms with Gasteiger partial charge in [0.25, 0.3) is 11.4 Å². The van der Waals surface area contributed by atoms with Gasteiger partial charge in [-0.05, 0) is 41.8 Å².